The van der Waals surface area contributed by atoms with Gasteiger partial charge in [-0.05, 0) is 25.8 Å². The molecule has 3 N–H and O–H groups in total. The molecule has 1 amide bonds. The van der Waals surface area contributed by atoms with Crippen molar-refractivity contribution in [3.05, 3.63) is 23.3 Å². The van der Waals surface area contributed by atoms with Gasteiger partial charge in [0.15, 0.2) is 0 Å². The molecule has 6 heteroatoms. The van der Waals surface area contributed by atoms with E-state index in [9.17, 15) is 4.79 Å². The molecule has 1 unspecified atom stereocenters. The average molecular weight is 291 g/mol. The predicted octanol–water partition coefficient (Wildman–Crippen LogP) is 2.18. The fourth-order valence-electron chi connectivity index (χ4n) is 2.46. The van der Waals surface area contributed by atoms with Crippen molar-refractivity contribution in [1.29, 1.82) is 0 Å². The van der Waals surface area contributed by atoms with Crippen molar-refractivity contribution < 1.29 is 9.53 Å². The second-order valence-corrected chi connectivity index (χ2v) is 6.35. The lowest BCUT2D eigenvalue weighted by molar-refractivity contribution is 0.0206. The van der Waals surface area contributed by atoms with Gasteiger partial charge >= 0.3 is 0 Å². The van der Waals surface area contributed by atoms with Crippen molar-refractivity contribution in [2.75, 3.05) is 18.9 Å². The zero-order valence-corrected chi connectivity index (χ0v) is 12.1. The van der Waals surface area contributed by atoms with Crippen molar-refractivity contribution in [3.63, 3.8) is 0 Å². The first kappa shape index (κ1) is 13.3. The first-order valence-electron chi connectivity index (χ1n) is 6.63. The third kappa shape index (κ3) is 2.36. The van der Waals surface area contributed by atoms with Crippen LogP contribution in [-0.2, 0) is 4.74 Å². The number of nitrogens with one attached hydrogen (secondary N) is 1. The van der Waals surface area contributed by atoms with E-state index in [1.165, 1.54) is 11.3 Å². The van der Waals surface area contributed by atoms with Gasteiger partial charge in [0.1, 0.15) is 4.88 Å². The van der Waals surface area contributed by atoms with Gasteiger partial charge in [-0.3, -0.25) is 9.78 Å². The molecule has 5 nitrogen and oxygen atoms in total. The van der Waals surface area contributed by atoms with Crippen LogP contribution in [0.1, 0.15) is 29.4 Å². The van der Waals surface area contributed by atoms with Crippen LogP contribution in [0.15, 0.2) is 18.5 Å². The highest BCUT2D eigenvalue weighted by atomic mass is 32.1. The van der Waals surface area contributed by atoms with E-state index in [0.717, 1.165) is 29.5 Å². The Kier molecular flexibility index (Phi) is 3.35. The Balaban J connectivity index is 1.77. The molecule has 3 rings (SSSR count). The van der Waals surface area contributed by atoms with Crippen molar-refractivity contribution in [1.82, 2.24) is 10.3 Å². The molecule has 1 atom stereocenters. The van der Waals surface area contributed by atoms with Crippen LogP contribution in [0.3, 0.4) is 0 Å². The number of rotatable bonds is 3. The average Bonchev–Trinajstić information content (AvgIpc) is 3.02. The minimum atomic E-state index is -0.247. The van der Waals surface area contributed by atoms with Crippen LogP contribution in [0.4, 0.5) is 5.69 Å². The molecule has 0 saturated carbocycles. The summed E-state index contributed by atoms with van der Waals surface area (Å²) in [5.74, 6) is -0.138. The van der Waals surface area contributed by atoms with E-state index in [1.807, 2.05) is 13.0 Å². The quantitative estimate of drug-likeness (QED) is 0.908. The maximum atomic E-state index is 12.3. The number of amides is 1. The Hall–Kier alpha value is -1.66. The third-order valence-corrected chi connectivity index (χ3v) is 4.82. The van der Waals surface area contributed by atoms with Crippen molar-refractivity contribution in [3.8, 4) is 0 Å². The lowest BCUT2D eigenvalue weighted by Crippen LogP contribution is -2.40. The van der Waals surface area contributed by atoms with Gasteiger partial charge in [0, 0.05) is 30.9 Å². The van der Waals surface area contributed by atoms with E-state index >= 15 is 0 Å². The van der Waals surface area contributed by atoms with Gasteiger partial charge in [0.2, 0.25) is 0 Å². The monoisotopic (exact) mass is 291 g/mol. The predicted molar refractivity (Wildman–Crippen MR) is 80.0 cm³/mol. The first-order valence-corrected chi connectivity index (χ1v) is 7.45. The molecular formula is C14H17N3O2S. The summed E-state index contributed by atoms with van der Waals surface area (Å²) in [5, 5.41) is 3.82. The number of hydrogen-bond donors (Lipinski definition) is 2. The molecule has 0 aliphatic carbocycles. The molecule has 1 fully saturated rings. The van der Waals surface area contributed by atoms with Crippen LogP contribution in [0, 0.1) is 0 Å². The van der Waals surface area contributed by atoms with Crippen molar-refractivity contribution >= 4 is 33.0 Å². The molecular weight excluding hydrogens is 274 g/mol. The van der Waals surface area contributed by atoms with Crippen molar-refractivity contribution in [2.24, 2.45) is 0 Å². The summed E-state index contributed by atoms with van der Waals surface area (Å²) in [7, 11) is 0. The molecule has 0 bridgehead atoms. The Morgan fingerprint density at radius 1 is 1.65 bits per heavy atom. The number of ether oxygens (including phenoxy) is 1. The lowest BCUT2D eigenvalue weighted by atomic mass is 10.0. The summed E-state index contributed by atoms with van der Waals surface area (Å²) in [6.45, 7) is 3.30. The molecule has 3 heterocycles. The molecule has 0 spiro atoms. The maximum Gasteiger partial charge on any atom is 0.263 e. The SMILES string of the molecule is CC1(CNC(=O)c2sc3cnccc3c2N)CCCO1. The normalized spacial score (nSPS) is 22.2. The summed E-state index contributed by atoms with van der Waals surface area (Å²) in [5.41, 5.74) is 6.33. The molecule has 20 heavy (non-hydrogen) atoms. The Bertz CT molecular complexity index is 647. The van der Waals surface area contributed by atoms with E-state index in [2.05, 4.69) is 10.3 Å². The minimum Gasteiger partial charge on any atom is -0.397 e. The number of nitrogens with zero attached hydrogens (tertiary/aromatic N) is 1. The maximum absolute atomic E-state index is 12.3. The molecule has 2 aromatic rings. The smallest absolute Gasteiger partial charge is 0.263 e. The number of hydrogen-bond acceptors (Lipinski definition) is 5. The van der Waals surface area contributed by atoms with E-state index in [-0.39, 0.29) is 11.5 Å². The van der Waals surface area contributed by atoms with Crippen LogP contribution in [0.2, 0.25) is 0 Å². The van der Waals surface area contributed by atoms with E-state index in [1.54, 1.807) is 12.4 Å². The van der Waals surface area contributed by atoms with Gasteiger partial charge in [-0.1, -0.05) is 0 Å². The Labute approximate surface area is 121 Å². The molecule has 0 aromatic carbocycles. The summed E-state index contributed by atoms with van der Waals surface area (Å²) >= 11 is 1.37. The number of carbonyl (C=O) groups excluding carboxylic acids is 1. The number of aromatic nitrogens is 1. The number of nitrogen functional groups attached to an aromatic ring is 1. The van der Waals surface area contributed by atoms with E-state index < -0.39 is 0 Å². The van der Waals surface area contributed by atoms with E-state index in [0.29, 0.717) is 17.1 Å². The number of fused-ring (bicyclic) bond motifs is 1. The van der Waals surface area contributed by atoms with Crippen LogP contribution >= 0.6 is 11.3 Å². The minimum absolute atomic E-state index is 0.138. The number of carbonyl (C=O) groups is 1. The Morgan fingerprint density at radius 3 is 3.20 bits per heavy atom. The molecule has 0 radical (unpaired) electrons. The highest BCUT2D eigenvalue weighted by Gasteiger charge is 2.30. The topological polar surface area (TPSA) is 77.2 Å². The third-order valence-electron chi connectivity index (χ3n) is 3.66. The highest BCUT2D eigenvalue weighted by molar-refractivity contribution is 7.21. The molecule has 2 aromatic heterocycles. The second kappa shape index (κ2) is 5.03. The molecule has 1 aliphatic rings. The summed E-state index contributed by atoms with van der Waals surface area (Å²) in [6.07, 6.45) is 5.43. The Morgan fingerprint density at radius 2 is 2.50 bits per heavy atom. The second-order valence-electron chi connectivity index (χ2n) is 5.30. The fraction of sp³-hybridized carbons (Fsp3) is 0.429. The van der Waals surface area contributed by atoms with Gasteiger partial charge in [-0.25, -0.2) is 0 Å². The largest absolute Gasteiger partial charge is 0.397 e. The molecule has 1 aliphatic heterocycles. The van der Waals surface area contributed by atoms with Gasteiger partial charge in [0.25, 0.3) is 5.91 Å². The number of pyridine rings is 1. The number of thiophene rings is 1. The zero-order chi connectivity index (χ0) is 14.2. The number of anilines is 1. The first-order chi connectivity index (χ1) is 9.59. The summed E-state index contributed by atoms with van der Waals surface area (Å²) < 4.78 is 6.59. The molecule has 1 saturated heterocycles. The van der Waals surface area contributed by atoms with Gasteiger partial charge in [0.05, 0.1) is 16.0 Å². The van der Waals surface area contributed by atoms with Crippen LogP contribution < -0.4 is 11.1 Å². The summed E-state index contributed by atoms with van der Waals surface area (Å²) in [6, 6.07) is 1.83. The van der Waals surface area contributed by atoms with Gasteiger partial charge < -0.3 is 15.8 Å². The van der Waals surface area contributed by atoms with Crippen LogP contribution in [-0.4, -0.2) is 29.6 Å². The number of nitrogens with two attached hydrogens (primary N) is 1. The standard InChI is InChI=1S/C14H17N3O2S/c1-14(4-2-6-19-14)8-17-13(18)12-11(15)9-3-5-16-7-10(9)20-12/h3,5,7H,2,4,6,8,15H2,1H3,(H,17,18). The lowest BCUT2D eigenvalue weighted by Gasteiger charge is -2.23. The highest BCUT2D eigenvalue weighted by Crippen LogP contribution is 2.33. The van der Waals surface area contributed by atoms with Crippen LogP contribution in [0.5, 0.6) is 0 Å². The van der Waals surface area contributed by atoms with Gasteiger partial charge in [-0.15, -0.1) is 11.3 Å². The zero-order valence-electron chi connectivity index (χ0n) is 11.3. The molecule has 106 valence electrons. The van der Waals surface area contributed by atoms with Crippen molar-refractivity contribution in [2.45, 2.75) is 25.4 Å². The van der Waals surface area contributed by atoms with E-state index in [4.69, 9.17) is 10.5 Å². The fourth-order valence-corrected chi connectivity index (χ4v) is 3.47. The van der Waals surface area contributed by atoms with Crippen LogP contribution in [0.25, 0.3) is 10.1 Å². The summed E-state index contributed by atoms with van der Waals surface area (Å²) in [4.78, 5) is 16.9. The van der Waals surface area contributed by atoms with Gasteiger partial charge in [-0.2, -0.15) is 0 Å².